The molecule has 1 fully saturated rings. The van der Waals surface area contributed by atoms with Crippen LogP contribution in [0.25, 0.3) is 0 Å². The van der Waals surface area contributed by atoms with Gasteiger partial charge in [0.2, 0.25) is 0 Å². The van der Waals surface area contributed by atoms with Crippen molar-refractivity contribution in [3.05, 3.63) is 0 Å². The molecule has 0 bridgehead atoms. The van der Waals surface area contributed by atoms with Gasteiger partial charge in [-0.15, -0.1) is 0 Å². The van der Waals surface area contributed by atoms with Crippen molar-refractivity contribution < 1.29 is 47.6 Å². The highest BCUT2D eigenvalue weighted by Crippen LogP contribution is 2.31. The second-order valence-electron chi connectivity index (χ2n) is 7.30. The number of ether oxygens (including phenoxy) is 6. The van der Waals surface area contributed by atoms with Crippen molar-refractivity contribution in [2.24, 2.45) is 0 Å². The minimum absolute atomic E-state index is 0.290. The Morgan fingerprint density at radius 2 is 1.21 bits per heavy atom. The van der Waals surface area contributed by atoms with E-state index < -0.39 is 60.2 Å². The van der Waals surface area contributed by atoms with Crippen LogP contribution < -0.4 is 0 Å². The van der Waals surface area contributed by atoms with E-state index in [1.807, 2.05) is 0 Å². The Bertz CT molecular complexity index is 594. The fourth-order valence-electron chi connectivity index (χ4n) is 2.63. The highest BCUT2D eigenvalue weighted by atomic mass is 16.7. The summed E-state index contributed by atoms with van der Waals surface area (Å²) < 4.78 is 32.5. The minimum atomic E-state index is -1.23. The molecule has 1 heterocycles. The molecule has 0 amide bonds. The van der Waals surface area contributed by atoms with Crippen molar-refractivity contribution in [1.82, 2.24) is 0 Å². The summed E-state index contributed by atoms with van der Waals surface area (Å²) >= 11 is 0. The number of carbonyl (C=O) groups excluding carboxylic acids is 4. The van der Waals surface area contributed by atoms with E-state index >= 15 is 0 Å². The summed E-state index contributed by atoms with van der Waals surface area (Å²) in [6, 6.07) is 0. The average molecular weight is 404 g/mol. The van der Waals surface area contributed by atoms with Crippen LogP contribution in [-0.2, 0) is 47.6 Å². The van der Waals surface area contributed by atoms with Crippen molar-refractivity contribution >= 4 is 23.9 Å². The maximum absolute atomic E-state index is 11.7. The van der Waals surface area contributed by atoms with Gasteiger partial charge in [-0.1, -0.05) is 0 Å². The predicted octanol–water partition coefficient (Wildman–Crippen LogP) is 0.885. The number of hydrogen-bond acceptors (Lipinski definition) is 10. The molecule has 0 aromatic heterocycles. The van der Waals surface area contributed by atoms with Crippen LogP contribution in [0, 0.1) is 0 Å². The molecular formula is C18H28O10. The van der Waals surface area contributed by atoms with Gasteiger partial charge in [-0.3, -0.25) is 19.2 Å². The van der Waals surface area contributed by atoms with Crippen LogP contribution in [0.4, 0.5) is 0 Å². The SMILES string of the molecule is CC(=O)OC[C@H]1OC(OC(C)(C)C)[C@H](OC(C)=O)[C@@H](OC(C)=O)[C@@H]1OC(C)=O. The summed E-state index contributed by atoms with van der Waals surface area (Å²) in [5.41, 5.74) is -0.718. The normalized spacial score (nSPS) is 27.5. The van der Waals surface area contributed by atoms with Gasteiger partial charge in [0, 0.05) is 27.7 Å². The van der Waals surface area contributed by atoms with E-state index in [-0.39, 0.29) is 6.61 Å². The topological polar surface area (TPSA) is 124 Å². The number of hydrogen-bond donors (Lipinski definition) is 0. The van der Waals surface area contributed by atoms with Crippen LogP contribution in [0.1, 0.15) is 48.5 Å². The van der Waals surface area contributed by atoms with Crippen LogP contribution in [-0.4, -0.2) is 66.8 Å². The quantitative estimate of drug-likeness (QED) is 0.465. The van der Waals surface area contributed by atoms with E-state index in [9.17, 15) is 19.2 Å². The van der Waals surface area contributed by atoms with Gasteiger partial charge < -0.3 is 28.4 Å². The van der Waals surface area contributed by atoms with Crippen molar-refractivity contribution in [1.29, 1.82) is 0 Å². The molecule has 0 saturated carbocycles. The Morgan fingerprint density at radius 3 is 1.64 bits per heavy atom. The molecule has 0 aromatic carbocycles. The third-order valence-electron chi connectivity index (χ3n) is 3.42. The van der Waals surface area contributed by atoms with Gasteiger partial charge in [0.15, 0.2) is 24.6 Å². The lowest BCUT2D eigenvalue weighted by atomic mass is 9.97. The molecule has 0 radical (unpaired) electrons. The maximum Gasteiger partial charge on any atom is 0.303 e. The van der Waals surface area contributed by atoms with Gasteiger partial charge in [0.25, 0.3) is 0 Å². The lowest BCUT2D eigenvalue weighted by molar-refractivity contribution is -0.325. The molecule has 0 aliphatic carbocycles. The van der Waals surface area contributed by atoms with E-state index in [1.165, 1.54) is 13.8 Å². The summed E-state index contributed by atoms with van der Waals surface area (Å²) in [5.74, 6) is -2.63. The third-order valence-corrected chi connectivity index (χ3v) is 3.42. The second kappa shape index (κ2) is 9.83. The summed E-state index contributed by atoms with van der Waals surface area (Å²) in [6.45, 7) is 9.66. The van der Waals surface area contributed by atoms with Crippen LogP contribution in [0.15, 0.2) is 0 Å². The molecular weight excluding hydrogens is 376 g/mol. The monoisotopic (exact) mass is 404 g/mol. The summed E-state index contributed by atoms with van der Waals surface area (Å²) in [6.07, 6.45) is -5.81. The van der Waals surface area contributed by atoms with Crippen LogP contribution in [0.2, 0.25) is 0 Å². The van der Waals surface area contributed by atoms with Gasteiger partial charge in [-0.25, -0.2) is 0 Å². The Kier molecular flexibility index (Phi) is 8.37. The molecule has 0 N–H and O–H groups in total. The largest absolute Gasteiger partial charge is 0.463 e. The van der Waals surface area contributed by atoms with E-state index in [1.54, 1.807) is 20.8 Å². The molecule has 5 atom stereocenters. The fourth-order valence-corrected chi connectivity index (χ4v) is 2.63. The number of esters is 4. The Balaban J connectivity index is 3.33. The first-order valence-corrected chi connectivity index (χ1v) is 8.78. The molecule has 1 rings (SSSR count). The first kappa shape index (κ1) is 23.8. The molecule has 0 spiro atoms. The van der Waals surface area contributed by atoms with Gasteiger partial charge in [0.1, 0.15) is 12.7 Å². The maximum atomic E-state index is 11.7. The summed E-state index contributed by atoms with van der Waals surface area (Å²) in [7, 11) is 0. The summed E-state index contributed by atoms with van der Waals surface area (Å²) in [5, 5.41) is 0. The van der Waals surface area contributed by atoms with E-state index in [0.717, 1.165) is 13.8 Å². The molecule has 1 saturated heterocycles. The first-order valence-electron chi connectivity index (χ1n) is 8.78. The highest BCUT2D eigenvalue weighted by Gasteiger charge is 2.53. The Hall–Kier alpha value is -2.20. The van der Waals surface area contributed by atoms with E-state index in [4.69, 9.17) is 28.4 Å². The minimum Gasteiger partial charge on any atom is -0.463 e. The van der Waals surface area contributed by atoms with Crippen molar-refractivity contribution in [3.8, 4) is 0 Å². The molecule has 1 aliphatic rings. The van der Waals surface area contributed by atoms with E-state index in [0.29, 0.717) is 0 Å². The van der Waals surface area contributed by atoms with Gasteiger partial charge in [-0.2, -0.15) is 0 Å². The molecule has 1 aliphatic heterocycles. The lowest BCUT2D eigenvalue weighted by Gasteiger charge is -2.45. The molecule has 10 nitrogen and oxygen atoms in total. The van der Waals surface area contributed by atoms with Crippen LogP contribution >= 0.6 is 0 Å². The lowest BCUT2D eigenvalue weighted by Crippen LogP contribution is -2.63. The van der Waals surface area contributed by atoms with Gasteiger partial charge >= 0.3 is 23.9 Å². The molecule has 0 aromatic rings. The van der Waals surface area contributed by atoms with Gasteiger partial charge in [0.05, 0.1) is 5.60 Å². The van der Waals surface area contributed by atoms with Crippen LogP contribution in [0.3, 0.4) is 0 Å². The zero-order chi connectivity index (χ0) is 21.6. The highest BCUT2D eigenvalue weighted by molar-refractivity contribution is 5.68. The third kappa shape index (κ3) is 7.81. The number of rotatable bonds is 6. The summed E-state index contributed by atoms with van der Waals surface area (Å²) in [4.78, 5) is 46.1. The number of carbonyl (C=O) groups is 4. The Morgan fingerprint density at radius 1 is 0.750 bits per heavy atom. The Labute approximate surface area is 163 Å². The van der Waals surface area contributed by atoms with Crippen molar-refractivity contribution in [2.45, 2.75) is 84.8 Å². The van der Waals surface area contributed by atoms with Crippen molar-refractivity contribution in [3.63, 3.8) is 0 Å². The zero-order valence-electron chi connectivity index (χ0n) is 17.2. The first-order chi connectivity index (χ1) is 12.8. The predicted molar refractivity (Wildman–Crippen MR) is 92.8 cm³/mol. The van der Waals surface area contributed by atoms with E-state index in [2.05, 4.69) is 0 Å². The fraction of sp³-hybridized carbons (Fsp3) is 0.778. The zero-order valence-corrected chi connectivity index (χ0v) is 17.2. The molecule has 160 valence electrons. The average Bonchev–Trinajstić information content (AvgIpc) is 2.48. The van der Waals surface area contributed by atoms with Crippen molar-refractivity contribution in [2.75, 3.05) is 6.61 Å². The van der Waals surface area contributed by atoms with Crippen LogP contribution in [0.5, 0.6) is 0 Å². The van der Waals surface area contributed by atoms with Gasteiger partial charge in [-0.05, 0) is 20.8 Å². The molecule has 10 heteroatoms. The smallest absolute Gasteiger partial charge is 0.303 e. The molecule has 28 heavy (non-hydrogen) atoms. The standard InChI is InChI=1S/C18H28O10/c1-9(19)23-8-13-14(24-10(2)20)15(25-11(3)21)16(26-12(4)22)17(27-13)28-18(5,6)7/h13-17H,8H2,1-7H3/t13-,14-,15+,16-,17?/m1/s1. The second-order valence-corrected chi connectivity index (χ2v) is 7.30. The molecule has 1 unspecified atom stereocenters.